The molecule has 0 spiro atoms. The highest BCUT2D eigenvalue weighted by molar-refractivity contribution is 8.12. The van der Waals surface area contributed by atoms with Crippen LogP contribution in [0, 0.1) is 17.0 Å². The number of carboxylic acids is 2. The third kappa shape index (κ3) is 14.3. The van der Waals surface area contributed by atoms with E-state index < -0.39 is 94.4 Å². The Morgan fingerprint density at radius 1 is 0.915 bits per heavy atom. The molecule has 0 radical (unpaired) electrons. The minimum atomic E-state index is -2.01. The molecule has 1 unspecified atom stereocenters. The second-order valence-corrected chi connectivity index (χ2v) is 17.1. The zero-order chi connectivity index (χ0) is 44.1. The molecule has 0 fully saturated rings. The maximum atomic E-state index is 15.0. The molecule has 16 nitrogen and oxygen atoms in total. The van der Waals surface area contributed by atoms with E-state index in [-0.39, 0.29) is 37.4 Å². The molecule has 1 heterocycles. The van der Waals surface area contributed by atoms with E-state index in [9.17, 15) is 43.4 Å². The Hall–Kier alpha value is -5.02. The van der Waals surface area contributed by atoms with Gasteiger partial charge < -0.3 is 52.2 Å². The van der Waals surface area contributed by atoms with Crippen molar-refractivity contribution in [2.45, 2.75) is 62.4 Å². The number of carbonyl (C=O) groups excluding carboxylic acids is 4. The van der Waals surface area contributed by atoms with E-state index in [0.717, 1.165) is 23.8 Å². The van der Waals surface area contributed by atoms with Gasteiger partial charge in [-0.15, -0.1) is 24.4 Å². The Bertz CT molecular complexity index is 1970. The van der Waals surface area contributed by atoms with Crippen LogP contribution in [-0.4, -0.2) is 115 Å². The molecule has 59 heavy (non-hydrogen) atoms. The summed E-state index contributed by atoms with van der Waals surface area (Å²) in [5.74, 6) is -7.22. The van der Waals surface area contributed by atoms with Crippen LogP contribution in [0.5, 0.6) is 0 Å². The van der Waals surface area contributed by atoms with Crippen molar-refractivity contribution in [1.29, 1.82) is 0 Å². The normalized spacial score (nSPS) is 14.0. The van der Waals surface area contributed by atoms with E-state index >= 15 is 4.39 Å². The minimum Gasteiger partial charge on any atom is -0.480 e. The Morgan fingerprint density at radius 2 is 1.58 bits per heavy atom. The van der Waals surface area contributed by atoms with Gasteiger partial charge in [0.05, 0.1) is 25.0 Å². The first kappa shape index (κ1) is 48.3. The number of nitrogens with two attached hydrogens (primary N) is 2. The van der Waals surface area contributed by atoms with Gasteiger partial charge in [0.25, 0.3) is 0 Å². The van der Waals surface area contributed by atoms with Crippen molar-refractivity contribution in [1.82, 2.24) is 25.4 Å². The molecule has 10 N–H and O–H groups in total. The van der Waals surface area contributed by atoms with Crippen LogP contribution >= 0.6 is 24.4 Å². The molecule has 0 aliphatic rings. The highest BCUT2D eigenvalue weighted by Crippen LogP contribution is 2.41. The van der Waals surface area contributed by atoms with Crippen molar-refractivity contribution in [3.63, 3.8) is 0 Å². The largest absolute Gasteiger partial charge is 0.480 e. The summed E-state index contributed by atoms with van der Waals surface area (Å²) in [6, 6.07) is 11.0. The molecule has 1 aromatic heterocycles. The summed E-state index contributed by atoms with van der Waals surface area (Å²) in [5.41, 5.74) is 12.8. The summed E-state index contributed by atoms with van der Waals surface area (Å²) < 4.78 is 29.2. The molecule has 2 aromatic carbocycles. The van der Waals surface area contributed by atoms with Crippen LogP contribution in [-0.2, 0) is 35.3 Å². The lowest BCUT2D eigenvalue weighted by Gasteiger charge is -2.41. The molecular weight excluding hydrogens is 813 g/mol. The Labute approximate surface area is 349 Å². The highest BCUT2D eigenvalue weighted by atomic mass is 32.2. The quantitative estimate of drug-likeness (QED) is 0.0398. The molecule has 3 aromatic rings. The smallest absolute Gasteiger partial charge is 0.330 e. The van der Waals surface area contributed by atoms with Crippen LogP contribution in [0.25, 0.3) is 11.1 Å². The lowest BCUT2D eigenvalue weighted by molar-refractivity contribution is -0.140. The second kappa shape index (κ2) is 21.8. The van der Waals surface area contributed by atoms with E-state index in [4.69, 9.17) is 16.6 Å². The van der Waals surface area contributed by atoms with E-state index in [1.54, 1.807) is 12.3 Å². The maximum absolute atomic E-state index is 15.0. The number of aromatic nitrogens is 1. The first-order valence-electron chi connectivity index (χ1n) is 18.4. The first-order valence-corrected chi connectivity index (χ1v) is 19.8. The number of carbonyl (C=O) groups is 6. The van der Waals surface area contributed by atoms with Gasteiger partial charge in [0.2, 0.25) is 23.6 Å². The summed E-state index contributed by atoms with van der Waals surface area (Å²) >= 11 is 4.57. The van der Waals surface area contributed by atoms with Gasteiger partial charge in [-0.05, 0) is 41.7 Å². The number of nitrogens with one attached hydrogen (secondary N) is 3. The number of thiol groups is 1. The third-order valence-corrected chi connectivity index (χ3v) is 11.1. The Kier molecular flexibility index (Phi) is 17.9. The predicted octanol–water partition coefficient (Wildman–Crippen LogP) is 1.70. The van der Waals surface area contributed by atoms with Crippen LogP contribution in [0.2, 0.25) is 0 Å². The van der Waals surface area contributed by atoms with Crippen molar-refractivity contribution in [2.24, 2.45) is 16.9 Å². The van der Waals surface area contributed by atoms with E-state index in [2.05, 4.69) is 28.6 Å². The number of benzene rings is 2. The van der Waals surface area contributed by atoms with E-state index in [1.165, 1.54) is 4.90 Å². The van der Waals surface area contributed by atoms with E-state index in [0.29, 0.717) is 29.6 Å². The first-order chi connectivity index (χ1) is 27.7. The van der Waals surface area contributed by atoms with E-state index in [1.807, 2.05) is 55.7 Å². The van der Waals surface area contributed by atoms with Crippen molar-refractivity contribution < 1.29 is 52.9 Å². The number of thioether (sulfide) groups is 1. The number of aliphatic hydroxyl groups is 1. The van der Waals surface area contributed by atoms with Gasteiger partial charge in [-0.1, -0.05) is 51.1 Å². The number of carboxylic acid groups (broad SMARTS) is 2. The Morgan fingerprint density at radius 3 is 2.19 bits per heavy atom. The molecule has 0 aliphatic heterocycles. The average Bonchev–Trinajstić information content (AvgIpc) is 3.58. The predicted molar refractivity (Wildman–Crippen MR) is 220 cm³/mol. The number of nitrogens with zero attached hydrogens (tertiary/aromatic N) is 2. The van der Waals surface area contributed by atoms with Gasteiger partial charge in [-0.3, -0.25) is 24.0 Å². The number of aliphatic carboxylic acids is 2. The molecular formula is C39H51F2N7O9S2. The zero-order valence-corrected chi connectivity index (χ0v) is 34.5. The number of hydrogen-bond acceptors (Lipinski definition) is 11. The van der Waals surface area contributed by atoms with Gasteiger partial charge >= 0.3 is 11.9 Å². The molecule has 4 atom stereocenters. The van der Waals surface area contributed by atoms with Gasteiger partial charge in [-0.25, -0.2) is 13.6 Å². The van der Waals surface area contributed by atoms with Crippen molar-refractivity contribution in [3.05, 3.63) is 83.7 Å². The van der Waals surface area contributed by atoms with Gasteiger partial charge in [0, 0.05) is 54.9 Å². The fourth-order valence-corrected chi connectivity index (χ4v) is 7.36. The van der Waals surface area contributed by atoms with Gasteiger partial charge in [0.15, 0.2) is 4.08 Å². The molecule has 0 bridgehead atoms. The van der Waals surface area contributed by atoms with Crippen LogP contribution in [0.1, 0.15) is 50.9 Å². The molecule has 322 valence electrons. The summed E-state index contributed by atoms with van der Waals surface area (Å²) in [5, 5.41) is 35.8. The molecule has 0 saturated heterocycles. The lowest BCUT2D eigenvalue weighted by Crippen LogP contribution is -2.48. The van der Waals surface area contributed by atoms with Gasteiger partial charge in [0.1, 0.15) is 24.3 Å². The Balaban J connectivity index is 1.65. The second-order valence-electron chi connectivity index (χ2n) is 14.7. The summed E-state index contributed by atoms with van der Waals surface area (Å²) in [4.78, 5) is 75.1. The van der Waals surface area contributed by atoms with Crippen LogP contribution in [0.4, 0.5) is 8.78 Å². The average molecular weight is 864 g/mol. The molecule has 20 heteroatoms. The van der Waals surface area contributed by atoms with Crippen molar-refractivity contribution in [3.8, 4) is 11.1 Å². The van der Waals surface area contributed by atoms with Gasteiger partial charge in [-0.2, -0.15) is 0 Å². The molecule has 0 aliphatic carbocycles. The maximum Gasteiger partial charge on any atom is 0.330 e. The number of hydrogen-bond donors (Lipinski definition) is 9. The number of halogens is 2. The lowest BCUT2D eigenvalue weighted by atomic mass is 9.82. The highest BCUT2D eigenvalue weighted by Gasteiger charge is 2.39. The fourth-order valence-electron chi connectivity index (χ4n) is 6.04. The third-order valence-electron chi connectivity index (χ3n) is 9.00. The summed E-state index contributed by atoms with van der Waals surface area (Å²) in [6.07, 6.45) is 0.941. The number of amides is 4. The van der Waals surface area contributed by atoms with Crippen LogP contribution in [0.3, 0.4) is 0 Å². The SMILES string of the molecule is CC(C)(C)C(c1cc(-c2cc(F)ccc2F)cn1Cc1ccccc1)N(CC[C@H](N)C(=O)NCCNC(=O)CNC(=O)C[C@](S)(SC[C@H](N)C(=O)O)C(=O)O)C(=O)CO. The fraction of sp³-hybridized carbons (Fsp3) is 0.436. The number of rotatable bonds is 22. The molecule has 0 saturated carbocycles. The van der Waals surface area contributed by atoms with Crippen molar-refractivity contribution >= 4 is 60.0 Å². The minimum absolute atomic E-state index is 0.0255. The molecule has 3 rings (SSSR count). The molecule has 4 amide bonds. The van der Waals surface area contributed by atoms with Crippen LogP contribution in [0.15, 0.2) is 60.8 Å². The summed E-state index contributed by atoms with van der Waals surface area (Å²) in [6.45, 7) is 4.36. The zero-order valence-electron chi connectivity index (χ0n) is 32.8. The number of aliphatic hydroxyl groups excluding tert-OH is 1. The standard InChI is InChI=1S/C39H51F2N7O9S2/c1-38(2,3)34(30-15-24(26-16-25(40)9-10-27(26)41)20-47(30)19-23-7-5-4-6-8-23)48(33(52)21-49)14-11-28(42)35(53)45-13-12-44-32(51)18-46-31(50)17-39(58,37(56)57)59-22-29(43)36(54)55/h4-10,15-16,20,28-29,34,49,58H,11-14,17-19,21-22,42-43H2,1-3H3,(H,44,51)(H,45,53)(H,46,50)(H,54,55)(H,56,57)/t28-,29-,34?,39-/m0/s1. The van der Waals surface area contributed by atoms with Crippen LogP contribution < -0.4 is 27.4 Å². The summed E-state index contributed by atoms with van der Waals surface area (Å²) in [7, 11) is 0. The topological polar surface area (TPSA) is 259 Å². The monoisotopic (exact) mass is 863 g/mol. The van der Waals surface area contributed by atoms with Crippen molar-refractivity contribution in [2.75, 3.05) is 38.5 Å².